The molecule has 0 aromatic carbocycles. The van der Waals surface area contributed by atoms with Gasteiger partial charge in [0, 0.05) is 25.0 Å². The van der Waals surface area contributed by atoms with Crippen molar-refractivity contribution in [2.45, 2.75) is 32.8 Å². The van der Waals surface area contributed by atoms with E-state index in [0.29, 0.717) is 29.8 Å². The van der Waals surface area contributed by atoms with E-state index in [1.54, 1.807) is 10.3 Å². The molecule has 2 heterocycles. The van der Waals surface area contributed by atoms with Crippen LogP contribution >= 0.6 is 22.9 Å². The Morgan fingerprint density at radius 3 is 2.86 bits per heavy atom. The smallest absolute Gasteiger partial charge is 0.410 e. The lowest BCUT2D eigenvalue weighted by Gasteiger charge is -2.24. The fraction of sp³-hybridized carbons (Fsp3) is 0.643. The first-order valence-corrected chi connectivity index (χ1v) is 8.37. The van der Waals surface area contributed by atoms with Gasteiger partial charge < -0.3 is 15.0 Å². The Kier molecular flexibility index (Phi) is 5.28. The van der Waals surface area contributed by atoms with Crippen molar-refractivity contribution in [3.63, 3.8) is 0 Å². The first-order chi connectivity index (χ1) is 10.2. The van der Waals surface area contributed by atoms with Crippen molar-refractivity contribution in [3.8, 4) is 0 Å². The van der Waals surface area contributed by atoms with Crippen LogP contribution in [0.25, 0.3) is 0 Å². The van der Waals surface area contributed by atoms with Gasteiger partial charge in [0.1, 0.15) is 11.3 Å². The molecule has 0 aliphatic carbocycles. The molecule has 6 nitrogen and oxygen atoms in total. The van der Waals surface area contributed by atoms with Gasteiger partial charge in [-0.15, -0.1) is 11.3 Å². The first kappa shape index (κ1) is 17.0. The molecule has 2 amide bonds. The zero-order chi connectivity index (χ0) is 16.3. The Hall–Kier alpha value is -1.34. The van der Waals surface area contributed by atoms with E-state index in [0.717, 1.165) is 6.42 Å². The Morgan fingerprint density at radius 1 is 1.55 bits per heavy atom. The number of halogens is 1. The Morgan fingerprint density at radius 2 is 2.27 bits per heavy atom. The summed E-state index contributed by atoms with van der Waals surface area (Å²) in [6.45, 7) is 7.28. The van der Waals surface area contributed by atoms with Crippen LogP contribution in [0.3, 0.4) is 0 Å². The second-order valence-corrected chi connectivity index (χ2v) is 7.72. The van der Waals surface area contributed by atoms with Crippen LogP contribution in [-0.4, -0.2) is 47.1 Å². The quantitative estimate of drug-likeness (QED) is 0.914. The molecular weight excluding hydrogens is 326 g/mol. The van der Waals surface area contributed by atoms with Crippen LogP contribution in [0.15, 0.2) is 5.38 Å². The van der Waals surface area contributed by atoms with E-state index in [1.165, 1.54) is 11.3 Å². The summed E-state index contributed by atoms with van der Waals surface area (Å²) in [6, 6.07) is 0. The van der Waals surface area contributed by atoms with Gasteiger partial charge in [0.05, 0.1) is 0 Å². The molecule has 1 atom stereocenters. The van der Waals surface area contributed by atoms with E-state index in [9.17, 15) is 9.59 Å². The van der Waals surface area contributed by atoms with E-state index in [1.807, 2.05) is 20.8 Å². The van der Waals surface area contributed by atoms with Crippen molar-refractivity contribution < 1.29 is 14.3 Å². The zero-order valence-corrected chi connectivity index (χ0v) is 14.5. The maximum atomic E-state index is 12.0. The second-order valence-electron chi connectivity index (χ2n) is 6.28. The number of hydrogen-bond donors (Lipinski definition) is 1. The molecule has 1 aliphatic rings. The van der Waals surface area contributed by atoms with E-state index >= 15 is 0 Å². The molecule has 1 fully saturated rings. The third-order valence-corrected chi connectivity index (χ3v) is 4.18. The van der Waals surface area contributed by atoms with E-state index in [2.05, 4.69) is 10.3 Å². The van der Waals surface area contributed by atoms with Crippen LogP contribution in [0.4, 0.5) is 4.79 Å². The van der Waals surface area contributed by atoms with E-state index in [-0.39, 0.29) is 17.9 Å². The molecule has 2 rings (SSSR count). The van der Waals surface area contributed by atoms with Gasteiger partial charge >= 0.3 is 6.09 Å². The van der Waals surface area contributed by atoms with Gasteiger partial charge in [-0.2, -0.15) is 0 Å². The number of amides is 2. The SMILES string of the molecule is CC(C)(C)OC(=O)N1CC[C@H](CNC(=O)c2csc(Cl)n2)C1. The van der Waals surface area contributed by atoms with Gasteiger partial charge in [-0.1, -0.05) is 11.6 Å². The summed E-state index contributed by atoms with van der Waals surface area (Å²) in [4.78, 5) is 29.5. The Bertz CT molecular complexity index is 556. The standard InChI is InChI=1S/C14H20ClN3O3S/c1-14(2,3)21-13(20)18-5-4-9(7-18)6-16-11(19)10-8-22-12(15)17-10/h8-9H,4-7H2,1-3H3,(H,16,19)/t9-/m1/s1. The number of carbonyl (C=O) groups is 2. The molecule has 1 saturated heterocycles. The van der Waals surface area contributed by atoms with E-state index < -0.39 is 5.60 Å². The van der Waals surface area contributed by atoms with Crippen molar-refractivity contribution in [2.24, 2.45) is 5.92 Å². The molecule has 0 saturated carbocycles. The zero-order valence-electron chi connectivity index (χ0n) is 12.9. The molecule has 0 radical (unpaired) electrons. The van der Waals surface area contributed by atoms with E-state index in [4.69, 9.17) is 16.3 Å². The Labute approximate surface area is 138 Å². The predicted molar refractivity (Wildman–Crippen MR) is 85.4 cm³/mol. The lowest BCUT2D eigenvalue weighted by Crippen LogP contribution is -2.36. The third kappa shape index (κ3) is 4.84. The summed E-state index contributed by atoms with van der Waals surface area (Å²) >= 11 is 6.93. The highest BCUT2D eigenvalue weighted by Gasteiger charge is 2.30. The second kappa shape index (κ2) is 6.83. The highest BCUT2D eigenvalue weighted by molar-refractivity contribution is 7.14. The molecule has 1 aromatic rings. The molecule has 1 aliphatic heterocycles. The van der Waals surface area contributed by atoms with Gasteiger partial charge in [0.15, 0.2) is 4.47 Å². The van der Waals surface area contributed by atoms with Crippen LogP contribution < -0.4 is 5.32 Å². The number of carbonyl (C=O) groups excluding carboxylic acids is 2. The monoisotopic (exact) mass is 345 g/mol. The van der Waals surface area contributed by atoms with Crippen molar-refractivity contribution >= 4 is 34.9 Å². The van der Waals surface area contributed by atoms with Crippen molar-refractivity contribution in [3.05, 3.63) is 15.5 Å². The highest BCUT2D eigenvalue weighted by atomic mass is 35.5. The van der Waals surface area contributed by atoms with Crippen LogP contribution in [0.2, 0.25) is 4.47 Å². The number of aromatic nitrogens is 1. The molecule has 22 heavy (non-hydrogen) atoms. The molecule has 1 aromatic heterocycles. The largest absolute Gasteiger partial charge is 0.444 e. The van der Waals surface area contributed by atoms with Gasteiger partial charge in [-0.05, 0) is 33.1 Å². The molecule has 8 heteroatoms. The average Bonchev–Trinajstić information content (AvgIpc) is 3.02. The predicted octanol–water partition coefficient (Wildman–Crippen LogP) is 2.78. The number of rotatable bonds is 3. The summed E-state index contributed by atoms with van der Waals surface area (Å²) in [5.41, 5.74) is -0.162. The average molecular weight is 346 g/mol. The van der Waals surface area contributed by atoms with Gasteiger partial charge in [0.2, 0.25) is 0 Å². The molecule has 0 spiro atoms. The molecular formula is C14H20ClN3O3S. The summed E-state index contributed by atoms with van der Waals surface area (Å²) in [7, 11) is 0. The third-order valence-electron chi connectivity index (χ3n) is 3.20. The fourth-order valence-corrected chi connectivity index (χ4v) is 2.92. The number of likely N-dealkylation sites (tertiary alicyclic amines) is 1. The van der Waals surface area contributed by atoms with Crippen molar-refractivity contribution in [1.82, 2.24) is 15.2 Å². The minimum Gasteiger partial charge on any atom is -0.444 e. The van der Waals surface area contributed by atoms with Crippen LogP contribution in [0.1, 0.15) is 37.7 Å². The fourth-order valence-electron chi connectivity index (χ4n) is 2.18. The lowest BCUT2D eigenvalue weighted by molar-refractivity contribution is 0.0288. The number of hydrogen-bond acceptors (Lipinski definition) is 5. The molecule has 0 unspecified atom stereocenters. The van der Waals surface area contributed by atoms with Gasteiger partial charge in [-0.25, -0.2) is 9.78 Å². The topological polar surface area (TPSA) is 71.5 Å². The number of nitrogens with zero attached hydrogens (tertiary/aromatic N) is 2. The van der Waals surface area contributed by atoms with Crippen LogP contribution in [-0.2, 0) is 4.74 Å². The summed E-state index contributed by atoms with van der Waals surface area (Å²) < 4.78 is 5.69. The van der Waals surface area contributed by atoms with Crippen molar-refractivity contribution in [1.29, 1.82) is 0 Å². The lowest BCUT2D eigenvalue weighted by atomic mass is 10.1. The minimum absolute atomic E-state index is 0.227. The maximum Gasteiger partial charge on any atom is 0.410 e. The molecule has 0 bridgehead atoms. The van der Waals surface area contributed by atoms with Gasteiger partial charge in [-0.3, -0.25) is 4.79 Å². The normalized spacial score (nSPS) is 18.4. The van der Waals surface area contributed by atoms with Crippen LogP contribution in [0, 0.1) is 5.92 Å². The summed E-state index contributed by atoms with van der Waals surface area (Å²) in [5, 5.41) is 4.45. The number of thiazole rings is 1. The first-order valence-electron chi connectivity index (χ1n) is 7.12. The van der Waals surface area contributed by atoms with Crippen molar-refractivity contribution in [2.75, 3.05) is 19.6 Å². The minimum atomic E-state index is -0.493. The number of nitrogens with one attached hydrogen (secondary N) is 1. The summed E-state index contributed by atoms with van der Waals surface area (Å²) in [5.74, 6) is -0.00977. The Balaban J connectivity index is 1.77. The van der Waals surface area contributed by atoms with Crippen LogP contribution in [0.5, 0.6) is 0 Å². The molecule has 122 valence electrons. The molecule has 1 N–H and O–H groups in total. The maximum absolute atomic E-state index is 12.0. The van der Waals surface area contributed by atoms with Gasteiger partial charge in [0.25, 0.3) is 5.91 Å². The summed E-state index contributed by atoms with van der Waals surface area (Å²) in [6.07, 6.45) is 0.546. The number of ether oxygens (including phenoxy) is 1. The highest BCUT2D eigenvalue weighted by Crippen LogP contribution is 2.19.